The predicted octanol–water partition coefficient (Wildman–Crippen LogP) is 14.1. The number of benzene rings is 8. The smallest absolute Gasteiger partial charge is 0.143 e. The van der Waals surface area contributed by atoms with Crippen molar-refractivity contribution in [1.82, 2.24) is 0 Å². The van der Waals surface area contributed by atoms with Crippen LogP contribution in [0.15, 0.2) is 173 Å². The van der Waals surface area contributed by atoms with E-state index in [0.29, 0.717) is 0 Å². The molecule has 0 atom stereocenters. The fourth-order valence-electron chi connectivity index (χ4n) is 8.81. The van der Waals surface area contributed by atoms with Gasteiger partial charge in [0.05, 0.1) is 0 Å². The van der Waals surface area contributed by atoms with Gasteiger partial charge in [0.2, 0.25) is 0 Å². The molecule has 0 fully saturated rings. The lowest BCUT2D eigenvalue weighted by Crippen LogP contribution is -2.16. The third kappa shape index (κ3) is 4.08. The summed E-state index contributed by atoms with van der Waals surface area (Å²) in [6.45, 7) is 4.69. The first-order valence-corrected chi connectivity index (χ1v) is 17.9. The van der Waals surface area contributed by atoms with E-state index in [2.05, 4.69) is 164 Å². The van der Waals surface area contributed by atoms with Gasteiger partial charge < -0.3 is 13.7 Å². The molecule has 0 amide bonds. The van der Waals surface area contributed by atoms with E-state index in [1.165, 1.54) is 33.0 Å². The summed E-state index contributed by atoms with van der Waals surface area (Å²) in [5, 5.41) is 6.67. The summed E-state index contributed by atoms with van der Waals surface area (Å²) in [4.78, 5) is 2.40. The molecule has 0 aliphatic heterocycles. The van der Waals surface area contributed by atoms with Gasteiger partial charge in [-0.1, -0.05) is 123 Å². The fourth-order valence-corrected chi connectivity index (χ4v) is 8.81. The van der Waals surface area contributed by atoms with Crippen LogP contribution in [0.2, 0.25) is 0 Å². The minimum absolute atomic E-state index is 0.128. The molecule has 0 radical (unpaired) electrons. The third-order valence-corrected chi connectivity index (χ3v) is 11.2. The molecular formula is C49H33NO2. The second-order valence-corrected chi connectivity index (χ2v) is 14.5. The Morgan fingerprint density at radius 1 is 0.404 bits per heavy atom. The maximum absolute atomic E-state index is 6.92. The van der Waals surface area contributed by atoms with Gasteiger partial charge in [-0.25, -0.2) is 0 Å². The Bertz CT molecular complexity index is 3050. The number of hydrogen-bond acceptors (Lipinski definition) is 3. The van der Waals surface area contributed by atoms with Crippen molar-refractivity contribution in [2.45, 2.75) is 19.3 Å². The van der Waals surface area contributed by atoms with E-state index in [1.54, 1.807) is 0 Å². The minimum Gasteiger partial charge on any atom is -0.456 e. The summed E-state index contributed by atoms with van der Waals surface area (Å²) in [5.74, 6) is 0. The number of hydrogen-bond donors (Lipinski definition) is 0. The number of nitrogens with zero attached hydrogens (tertiary/aromatic N) is 1. The van der Waals surface area contributed by atoms with Crippen LogP contribution in [0.4, 0.5) is 17.1 Å². The number of fused-ring (bicyclic) bond motifs is 11. The maximum Gasteiger partial charge on any atom is 0.143 e. The molecule has 52 heavy (non-hydrogen) atoms. The molecule has 11 rings (SSSR count). The zero-order chi connectivity index (χ0) is 34.6. The molecule has 3 nitrogen and oxygen atoms in total. The SMILES string of the molecule is CC1(C)c2ccccc2-c2ccc(N(c3ccccc3)c3cc(-c4cccc5ccccc45)c4oc5ccc6oc7ccccc7c6c5c4c3)cc21. The second-order valence-electron chi connectivity index (χ2n) is 14.5. The Kier molecular flexibility index (Phi) is 6.01. The molecule has 0 spiro atoms. The topological polar surface area (TPSA) is 29.5 Å². The van der Waals surface area contributed by atoms with Gasteiger partial charge >= 0.3 is 0 Å². The maximum atomic E-state index is 6.92. The molecule has 0 saturated carbocycles. The quantitative estimate of drug-likeness (QED) is 0.187. The summed E-state index contributed by atoms with van der Waals surface area (Å²) in [6.07, 6.45) is 0. The standard InChI is InChI=1S/C49H33NO2/c1-49(2)41-21-10-8-18-36(41)37-24-23-32(29-42(37)49)50(31-15-4-3-5-16-31)33-27-39(35-20-12-14-30-13-6-7-17-34(30)35)48-40(28-33)47-45(52-48)26-25-44-46(47)38-19-9-11-22-43(38)51-44/h3-29H,1-2H3. The highest BCUT2D eigenvalue weighted by molar-refractivity contribution is 6.27. The van der Waals surface area contributed by atoms with Crippen molar-refractivity contribution < 1.29 is 8.83 Å². The van der Waals surface area contributed by atoms with Crippen LogP contribution in [0.3, 0.4) is 0 Å². The second kappa shape index (κ2) is 10.7. The van der Waals surface area contributed by atoms with Crippen molar-refractivity contribution in [1.29, 1.82) is 0 Å². The molecule has 1 aliphatic carbocycles. The Balaban J connectivity index is 1.25. The molecule has 1 aliphatic rings. The third-order valence-electron chi connectivity index (χ3n) is 11.2. The number of rotatable bonds is 4. The van der Waals surface area contributed by atoms with Crippen molar-refractivity contribution in [3.05, 3.63) is 175 Å². The van der Waals surface area contributed by atoms with Crippen LogP contribution in [0.5, 0.6) is 0 Å². The first kappa shape index (κ1) is 29.2. The fraction of sp³-hybridized carbons (Fsp3) is 0.0612. The molecular weight excluding hydrogens is 635 g/mol. The molecule has 3 heteroatoms. The van der Waals surface area contributed by atoms with E-state index < -0.39 is 0 Å². The van der Waals surface area contributed by atoms with Crippen LogP contribution in [0, 0.1) is 0 Å². The van der Waals surface area contributed by atoms with Crippen molar-refractivity contribution in [3.8, 4) is 22.3 Å². The molecule has 0 unspecified atom stereocenters. The molecule has 8 aromatic carbocycles. The van der Waals surface area contributed by atoms with Crippen molar-refractivity contribution in [2.75, 3.05) is 4.90 Å². The van der Waals surface area contributed by atoms with Gasteiger partial charge in [-0.05, 0) is 93.2 Å². The number of furan rings is 2. The average molecular weight is 668 g/mol. The highest BCUT2D eigenvalue weighted by Crippen LogP contribution is 2.52. The van der Waals surface area contributed by atoms with Gasteiger partial charge in [0.25, 0.3) is 0 Å². The number of para-hydroxylation sites is 2. The minimum atomic E-state index is -0.128. The van der Waals surface area contributed by atoms with Crippen LogP contribution in [0.1, 0.15) is 25.0 Å². The van der Waals surface area contributed by atoms with E-state index in [-0.39, 0.29) is 5.41 Å². The average Bonchev–Trinajstić information content (AvgIpc) is 3.82. The lowest BCUT2D eigenvalue weighted by Gasteiger charge is -2.28. The Labute approximate surface area is 301 Å². The lowest BCUT2D eigenvalue weighted by atomic mass is 9.82. The van der Waals surface area contributed by atoms with Crippen LogP contribution in [-0.4, -0.2) is 0 Å². The molecule has 0 N–H and O–H groups in total. The van der Waals surface area contributed by atoms with Crippen LogP contribution in [0.25, 0.3) is 76.9 Å². The highest BCUT2D eigenvalue weighted by atomic mass is 16.3. The molecule has 0 saturated heterocycles. The molecule has 246 valence electrons. The molecule has 2 aromatic heterocycles. The lowest BCUT2D eigenvalue weighted by molar-refractivity contribution is 0.660. The van der Waals surface area contributed by atoms with Crippen LogP contribution >= 0.6 is 0 Å². The van der Waals surface area contributed by atoms with Crippen molar-refractivity contribution >= 4 is 71.7 Å². The Hall–Kier alpha value is -6.58. The summed E-state index contributed by atoms with van der Waals surface area (Å²) >= 11 is 0. The van der Waals surface area contributed by atoms with E-state index in [1.807, 2.05) is 18.2 Å². The van der Waals surface area contributed by atoms with Crippen LogP contribution in [-0.2, 0) is 5.41 Å². The summed E-state index contributed by atoms with van der Waals surface area (Å²) in [7, 11) is 0. The van der Waals surface area contributed by atoms with E-state index in [9.17, 15) is 0 Å². The first-order chi connectivity index (χ1) is 25.5. The van der Waals surface area contributed by atoms with Crippen molar-refractivity contribution in [2.24, 2.45) is 0 Å². The molecule has 0 bridgehead atoms. The van der Waals surface area contributed by atoms with Gasteiger partial charge in [-0.2, -0.15) is 0 Å². The Morgan fingerprint density at radius 2 is 1.08 bits per heavy atom. The summed E-state index contributed by atoms with van der Waals surface area (Å²) in [5.41, 5.74) is 14.1. The van der Waals surface area contributed by atoms with E-state index in [4.69, 9.17) is 8.83 Å². The van der Waals surface area contributed by atoms with Gasteiger partial charge in [0.15, 0.2) is 0 Å². The van der Waals surface area contributed by atoms with E-state index >= 15 is 0 Å². The van der Waals surface area contributed by atoms with Crippen molar-refractivity contribution in [3.63, 3.8) is 0 Å². The normalized spacial score (nSPS) is 13.3. The van der Waals surface area contributed by atoms with Gasteiger partial charge in [-0.15, -0.1) is 0 Å². The summed E-state index contributed by atoms with van der Waals surface area (Å²) in [6, 6.07) is 58.7. The van der Waals surface area contributed by atoms with Gasteiger partial charge in [0, 0.05) is 49.6 Å². The summed E-state index contributed by atoms with van der Waals surface area (Å²) < 4.78 is 13.3. The zero-order valence-corrected chi connectivity index (χ0v) is 28.9. The van der Waals surface area contributed by atoms with Gasteiger partial charge in [0.1, 0.15) is 22.3 Å². The molecule has 10 aromatic rings. The number of anilines is 3. The Morgan fingerprint density at radius 3 is 1.96 bits per heavy atom. The monoisotopic (exact) mass is 667 g/mol. The largest absolute Gasteiger partial charge is 0.456 e. The highest BCUT2D eigenvalue weighted by Gasteiger charge is 2.36. The predicted molar refractivity (Wildman–Crippen MR) is 216 cm³/mol. The first-order valence-electron chi connectivity index (χ1n) is 17.9. The zero-order valence-electron chi connectivity index (χ0n) is 28.9. The van der Waals surface area contributed by atoms with Gasteiger partial charge in [-0.3, -0.25) is 0 Å². The molecule has 2 heterocycles. The van der Waals surface area contributed by atoms with E-state index in [0.717, 1.165) is 72.1 Å². The van der Waals surface area contributed by atoms with Crippen LogP contribution < -0.4 is 4.90 Å².